The van der Waals surface area contributed by atoms with Crippen molar-refractivity contribution in [3.8, 4) is 0 Å². The zero-order chi connectivity index (χ0) is 8.91. The second-order valence-corrected chi connectivity index (χ2v) is 3.08. The van der Waals surface area contributed by atoms with Gasteiger partial charge in [-0.2, -0.15) is 0 Å². The molecule has 0 aromatic carbocycles. The van der Waals surface area contributed by atoms with Crippen molar-refractivity contribution in [2.24, 2.45) is 5.41 Å². The maximum atomic E-state index is 11.0. The molecule has 0 saturated heterocycles. The lowest BCUT2D eigenvalue weighted by Crippen LogP contribution is -2.23. The number of carbonyl (C=O) groups is 1. The molecule has 11 heavy (non-hydrogen) atoms. The summed E-state index contributed by atoms with van der Waals surface area (Å²) >= 11 is 0. The van der Waals surface area contributed by atoms with Crippen molar-refractivity contribution < 1.29 is 14.3 Å². The highest BCUT2D eigenvalue weighted by Gasteiger charge is 2.22. The molecule has 0 aromatic heterocycles. The summed E-state index contributed by atoms with van der Waals surface area (Å²) in [6, 6.07) is 0. The molecule has 0 aliphatic carbocycles. The lowest BCUT2D eigenvalue weighted by molar-refractivity contribution is -0.160. The molecule has 0 aromatic rings. The van der Waals surface area contributed by atoms with Gasteiger partial charge in [-0.05, 0) is 20.8 Å². The van der Waals surface area contributed by atoms with Crippen LogP contribution >= 0.6 is 0 Å². The van der Waals surface area contributed by atoms with Gasteiger partial charge in [-0.3, -0.25) is 10.2 Å². The number of carbonyl (C=O) groups excluding carboxylic acids is 1. The molecule has 0 bridgehead atoms. The highest BCUT2D eigenvalue weighted by atomic mass is 16.7. The maximum Gasteiger partial charge on any atom is 0.314 e. The molecule has 0 unspecified atom stereocenters. The molecule has 0 spiro atoms. The molecule has 0 rings (SSSR count). The summed E-state index contributed by atoms with van der Waals surface area (Å²) in [4.78, 5) is 11.0. The molecule has 0 heterocycles. The van der Waals surface area contributed by atoms with Crippen LogP contribution in [-0.2, 0) is 14.3 Å². The smallest absolute Gasteiger partial charge is 0.314 e. The van der Waals surface area contributed by atoms with Crippen LogP contribution in [-0.4, -0.2) is 19.2 Å². The minimum atomic E-state index is -0.509. The van der Waals surface area contributed by atoms with Gasteiger partial charge in [-0.25, -0.2) is 0 Å². The monoisotopic (exact) mass is 159 g/mol. The van der Waals surface area contributed by atoms with E-state index in [1.807, 2.05) is 0 Å². The minimum absolute atomic E-state index is 0.181. The van der Waals surface area contributed by atoms with Crippen LogP contribution in [0.5, 0.6) is 0 Å². The number of hydrogen-bond donors (Lipinski definition) is 1. The molecule has 0 atom stereocenters. The second kappa shape index (κ2) is 3.95. The Morgan fingerprint density at radius 2 is 2.09 bits per heavy atom. The van der Waals surface area contributed by atoms with E-state index < -0.39 is 5.41 Å². The van der Waals surface area contributed by atoms with Crippen LogP contribution in [0.15, 0.2) is 0 Å². The normalized spacial score (nSPS) is 10.5. The minimum Gasteiger partial charge on any atom is -0.447 e. The van der Waals surface area contributed by atoms with Gasteiger partial charge in [0.25, 0.3) is 0 Å². The van der Waals surface area contributed by atoms with Crippen LogP contribution in [0.1, 0.15) is 20.8 Å². The summed E-state index contributed by atoms with van der Waals surface area (Å²) in [5.74, 6) is -0.334. The molecule has 4 nitrogen and oxygen atoms in total. The fourth-order valence-corrected chi connectivity index (χ4v) is 0.338. The molecule has 4 heteroatoms. The maximum absolute atomic E-state index is 11.0. The van der Waals surface area contributed by atoms with Crippen LogP contribution in [0.3, 0.4) is 0 Å². The van der Waals surface area contributed by atoms with Crippen molar-refractivity contribution >= 4 is 12.4 Å². The standard InChI is InChI=1S/C7H13NO3/c1-7(2,3)6(9)11-5-10-4-8/h4,8H,5H2,1-3H3. The Labute approximate surface area is 66.0 Å². The van der Waals surface area contributed by atoms with Gasteiger partial charge < -0.3 is 9.47 Å². The highest BCUT2D eigenvalue weighted by Crippen LogP contribution is 2.14. The third kappa shape index (κ3) is 4.36. The molecule has 0 aliphatic heterocycles. The highest BCUT2D eigenvalue weighted by molar-refractivity contribution is 5.75. The van der Waals surface area contributed by atoms with E-state index in [4.69, 9.17) is 5.41 Å². The predicted molar refractivity (Wildman–Crippen MR) is 40.3 cm³/mol. The van der Waals surface area contributed by atoms with Crippen LogP contribution < -0.4 is 0 Å². The fourth-order valence-electron chi connectivity index (χ4n) is 0.338. The average Bonchev–Trinajstić information content (AvgIpc) is 1.86. The SMILES string of the molecule is CC(C)(C)C(=O)OCOC=N. The summed E-state index contributed by atoms with van der Waals surface area (Å²) in [5, 5.41) is 6.46. The zero-order valence-electron chi connectivity index (χ0n) is 7.01. The van der Waals surface area contributed by atoms with Gasteiger partial charge in [0.15, 0.2) is 6.40 Å². The number of esters is 1. The second-order valence-electron chi connectivity index (χ2n) is 3.08. The van der Waals surface area contributed by atoms with E-state index in [0.29, 0.717) is 0 Å². The van der Waals surface area contributed by atoms with Crippen molar-refractivity contribution in [2.75, 3.05) is 6.79 Å². The summed E-state index contributed by atoms with van der Waals surface area (Å²) in [5.41, 5.74) is -0.509. The van der Waals surface area contributed by atoms with Crippen molar-refractivity contribution in [3.63, 3.8) is 0 Å². The molecule has 0 saturated carbocycles. The summed E-state index contributed by atoms with van der Waals surface area (Å²) in [6.45, 7) is 5.07. The molecular formula is C7H13NO3. The van der Waals surface area contributed by atoms with Crippen LogP contribution in [0.4, 0.5) is 0 Å². The molecule has 64 valence electrons. The van der Waals surface area contributed by atoms with Crippen LogP contribution in [0.25, 0.3) is 0 Å². The molecule has 0 aliphatic rings. The van der Waals surface area contributed by atoms with E-state index in [0.717, 1.165) is 6.40 Å². The number of nitrogens with one attached hydrogen (secondary N) is 1. The topological polar surface area (TPSA) is 59.4 Å². The summed E-state index contributed by atoms with van der Waals surface area (Å²) in [7, 11) is 0. The first-order chi connectivity index (χ1) is 4.98. The van der Waals surface area contributed by atoms with E-state index in [1.54, 1.807) is 20.8 Å². The Morgan fingerprint density at radius 3 is 2.45 bits per heavy atom. The Kier molecular flexibility index (Phi) is 3.57. The van der Waals surface area contributed by atoms with Crippen LogP contribution in [0, 0.1) is 10.8 Å². The van der Waals surface area contributed by atoms with E-state index in [-0.39, 0.29) is 12.8 Å². The van der Waals surface area contributed by atoms with Gasteiger partial charge in [0.1, 0.15) is 0 Å². The van der Waals surface area contributed by atoms with Gasteiger partial charge in [-0.15, -0.1) is 0 Å². The number of hydrogen-bond acceptors (Lipinski definition) is 4. The first-order valence-electron chi connectivity index (χ1n) is 3.26. The quantitative estimate of drug-likeness (QED) is 0.221. The average molecular weight is 159 g/mol. The lowest BCUT2D eigenvalue weighted by atomic mass is 9.98. The molecule has 1 N–H and O–H groups in total. The first kappa shape index (κ1) is 9.94. The van der Waals surface area contributed by atoms with Crippen LogP contribution in [0.2, 0.25) is 0 Å². The predicted octanol–water partition coefficient (Wildman–Crippen LogP) is 1.16. The van der Waals surface area contributed by atoms with Crippen molar-refractivity contribution in [1.82, 2.24) is 0 Å². The third-order valence-corrected chi connectivity index (χ3v) is 0.954. The Morgan fingerprint density at radius 1 is 1.55 bits per heavy atom. The zero-order valence-corrected chi connectivity index (χ0v) is 7.01. The Bertz CT molecular complexity index is 148. The molecule has 0 fully saturated rings. The third-order valence-electron chi connectivity index (χ3n) is 0.954. The van der Waals surface area contributed by atoms with Gasteiger partial charge in [-0.1, -0.05) is 0 Å². The van der Waals surface area contributed by atoms with Crippen molar-refractivity contribution in [1.29, 1.82) is 5.41 Å². The van der Waals surface area contributed by atoms with Crippen molar-refractivity contribution in [3.05, 3.63) is 0 Å². The van der Waals surface area contributed by atoms with Gasteiger partial charge >= 0.3 is 5.97 Å². The van der Waals surface area contributed by atoms with E-state index in [9.17, 15) is 4.79 Å². The number of rotatable bonds is 3. The molecular weight excluding hydrogens is 146 g/mol. The Balaban J connectivity index is 3.62. The van der Waals surface area contributed by atoms with E-state index in [2.05, 4.69) is 9.47 Å². The summed E-state index contributed by atoms with van der Waals surface area (Å²) in [6.07, 6.45) is 0.732. The van der Waals surface area contributed by atoms with Gasteiger partial charge in [0.2, 0.25) is 6.79 Å². The van der Waals surface area contributed by atoms with E-state index in [1.165, 1.54) is 0 Å². The van der Waals surface area contributed by atoms with Gasteiger partial charge in [0.05, 0.1) is 5.41 Å². The first-order valence-corrected chi connectivity index (χ1v) is 3.26. The van der Waals surface area contributed by atoms with Gasteiger partial charge in [0, 0.05) is 0 Å². The Hall–Kier alpha value is -1.06. The summed E-state index contributed by atoms with van der Waals surface area (Å²) < 4.78 is 9.03. The fraction of sp³-hybridized carbons (Fsp3) is 0.714. The largest absolute Gasteiger partial charge is 0.447 e. The number of ether oxygens (including phenoxy) is 2. The lowest BCUT2D eigenvalue weighted by Gasteiger charge is -2.15. The molecule has 0 radical (unpaired) electrons. The molecule has 0 amide bonds. The van der Waals surface area contributed by atoms with Crippen molar-refractivity contribution in [2.45, 2.75) is 20.8 Å². The van der Waals surface area contributed by atoms with E-state index >= 15 is 0 Å².